The molecule has 22 heavy (non-hydrogen) atoms. The Morgan fingerprint density at radius 1 is 1.18 bits per heavy atom. The van der Waals surface area contributed by atoms with Crippen LogP contribution in [0.1, 0.15) is 72.5 Å². The van der Waals surface area contributed by atoms with Gasteiger partial charge in [0, 0.05) is 17.5 Å². The molecule has 0 bridgehead atoms. The molecular weight excluding hydrogens is 278 g/mol. The summed E-state index contributed by atoms with van der Waals surface area (Å²) in [5.41, 5.74) is -0.741. The summed E-state index contributed by atoms with van der Waals surface area (Å²) in [7, 11) is 0. The summed E-state index contributed by atoms with van der Waals surface area (Å²) in [5, 5.41) is 10.3. The van der Waals surface area contributed by atoms with Gasteiger partial charge in [0.05, 0.1) is 5.54 Å². The number of carbonyl (C=O) groups is 1. The lowest BCUT2D eigenvalue weighted by Gasteiger charge is -2.32. The maximum atomic E-state index is 12.5. The van der Waals surface area contributed by atoms with Gasteiger partial charge in [-0.2, -0.15) is 0 Å². The highest BCUT2D eigenvalue weighted by molar-refractivity contribution is 5.96. The number of amides is 1. The van der Waals surface area contributed by atoms with Crippen LogP contribution in [0.15, 0.2) is 10.6 Å². The SMILES string of the molecule is CC(C)(NC1CCCCC1)C(=O)Nc1cc(C(C)(C)C)on1. The standard InChI is InChI=1S/C17H29N3O2/c1-16(2,3)13-11-14(20-22-13)18-15(21)17(4,5)19-12-9-7-6-8-10-12/h11-12,19H,6-10H2,1-5H3,(H,18,20,21). The highest BCUT2D eigenvalue weighted by Gasteiger charge is 2.31. The molecule has 2 rings (SSSR count). The van der Waals surface area contributed by atoms with Gasteiger partial charge in [0.25, 0.3) is 0 Å². The number of rotatable bonds is 4. The van der Waals surface area contributed by atoms with Crippen molar-refractivity contribution in [3.05, 3.63) is 11.8 Å². The van der Waals surface area contributed by atoms with Gasteiger partial charge in [-0.3, -0.25) is 4.79 Å². The molecule has 0 atom stereocenters. The number of hydrogen-bond donors (Lipinski definition) is 2. The summed E-state index contributed by atoms with van der Waals surface area (Å²) in [4.78, 5) is 12.5. The highest BCUT2D eigenvalue weighted by atomic mass is 16.5. The number of aromatic nitrogens is 1. The maximum absolute atomic E-state index is 12.5. The van der Waals surface area contributed by atoms with Crippen molar-refractivity contribution >= 4 is 11.7 Å². The van der Waals surface area contributed by atoms with Crippen LogP contribution in [0, 0.1) is 0 Å². The predicted octanol–water partition coefficient (Wildman–Crippen LogP) is 3.61. The van der Waals surface area contributed by atoms with Gasteiger partial charge in [0.1, 0.15) is 5.76 Å². The monoisotopic (exact) mass is 307 g/mol. The average Bonchev–Trinajstić information content (AvgIpc) is 2.88. The van der Waals surface area contributed by atoms with Crippen LogP contribution in [0.4, 0.5) is 5.82 Å². The molecule has 1 saturated carbocycles. The molecule has 1 aliphatic rings. The van der Waals surface area contributed by atoms with E-state index in [9.17, 15) is 4.79 Å². The van der Waals surface area contributed by atoms with Gasteiger partial charge in [0.2, 0.25) is 5.91 Å². The topological polar surface area (TPSA) is 67.2 Å². The fraction of sp³-hybridized carbons (Fsp3) is 0.765. The Balaban J connectivity index is 1.96. The number of nitrogens with zero attached hydrogens (tertiary/aromatic N) is 1. The van der Waals surface area contributed by atoms with E-state index in [-0.39, 0.29) is 11.3 Å². The number of anilines is 1. The summed E-state index contributed by atoms with van der Waals surface area (Å²) in [6.45, 7) is 9.98. The van der Waals surface area contributed by atoms with Gasteiger partial charge in [-0.25, -0.2) is 0 Å². The van der Waals surface area contributed by atoms with Crippen molar-refractivity contribution in [3.63, 3.8) is 0 Å². The van der Waals surface area contributed by atoms with Crippen LogP contribution in [0.2, 0.25) is 0 Å². The van der Waals surface area contributed by atoms with Crippen molar-refractivity contribution in [1.82, 2.24) is 10.5 Å². The second-order valence-electron chi connectivity index (χ2n) is 7.88. The van der Waals surface area contributed by atoms with Crippen molar-refractivity contribution in [2.75, 3.05) is 5.32 Å². The Kier molecular flexibility index (Phi) is 4.95. The summed E-state index contributed by atoms with van der Waals surface area (Å²) in [6.07, 6.45) is 6.09. The zero-order valence-corrected chi connectivity index (χ0v) is 14.5. The normalized spacial score (nSPS) is 17.5. The van der Waals surface area contributed by atoms with E-state index >= 15 is 0 Å². The quantitative estimate of drug-likeness (QED) is 0.891. The molecule has 0 aliphatic heterocycles. The lowest BCUT2D eigenvalue weighted by molar-refractivity contribution is -0.121. The van der Waals surface area contributed by atoms with Gasteiger partial charge in [-0.1, -0.05) is 45.2 Å². The van der Waals surface area contributed by atoms with Gasteiger partial charge in [-0.05, 0) is 26.7 Å². The molecule has 1 amide bonds. The molecule has 1 fully saturated rings. The maximum Gasteiger partial charge on any atom is 0.245 e. The zero-order valence-electron chi connectivity index (χ0n) is 14.5. The summed E-state index contributed by atoms with van der Waals surface area (Å²) < 4.78 is 5.31. The fourth-order valence-electron chi connectivity index (χ4n) is 2.78. The van der Waals surface area contributed by atoms with E-state index in [0.717, 1.165) is 18.6 Å². The first-order valence-electron chi connectivity index (χ1n) is 8.25. The second kappa shape index (κ2) is 6.41. The van der Waals surface area contributed by atoms with Crippen LogP contribution in [-0.2, 0) is 10.2 Å². The molecule has 1 aromatic heterocycles. The first-order chi connectivity index (χ1) is 10.2. The zero-order chi connectivity index (χ0) is 16.4. The van der Waals surface area contributed by atoms with Crippen LogP contribution in [-0.4, -0.2) is 22.6 Å². The van der Waals surface area contributed by atoms with Crippen molar-refractivity contribution in [3.8, 4) is 0 Å². The molecule has 0 radical (unpaired) electrons. The third-order valence-electron chi connectivity index (χ3n) is 4.23. The minimum absolute atomic E-state index is 0.0770. The van der Waals surface area contributed by atoms with Gasteiger partial charge in [0.15, 0.2) is 5.82 Å². The molecule has 124 valence electrons. The molecule has 0 aromatic carbocycles. The van der Waals surface area contributed by atoms with Crippen LogP contribution in [0.25, 0.3) is 0 Å². The minimum atomic E-state index is -0.622. The number of carbonyl (C=O) groups excluding carboxylic acids is 1. The second-order valence-corrected chi connectivity index (χ2v) is 7.88. The molecule has 0 saturated heterocycles. The molecule has 1 heterocycles. The van der Waals surface area contributed by atoms with Crippen molar-refractivity contribution in [1.29, 1.82) is 0 Å². The van der Waals surface area contributed by atoms with E-state index in [1.54, 1.807) is 6.07 Å². The molecule has 0 spiro atoms. The Labute approximate surface area is 133 Å². The van der Waals surface area contributed by atoms with Crippen LogP contribution >= 0.6 is 0 Å². The molecule has 2 N–H and O–H groups in total. The molecular formula is C17H29N3O2. The van der Waals surface area contributed by atoms with Crippen LogP contribution < -0.4 is 10.6 Å². The largest absolute Gasteiger partial charge is 0.359 e. The minimum Gasteiger partial charge on any atom is -0.359 e. The summed E-state index contributed by atoms with van der Waals surface area (Å²) >= 11 is 0. The van der Waals surface area contributed by atoms with E-state index in [4.69, 9.17) is 4.52 Å². The van der Waals surface area contributed by atoms with E-state index in [1.807, 2.05) is 34.6 Å². The third-order valence-corrected chi connectivity index (χ3v) is 4.23. The fourth-order valence-corrected chi connectivity index (χ4v) is 2.78. The Hall–Kier alpha value is -1.36. The predicted molar refractivity (Wildman–Crippen MR) is 87.9 cm³/mol. The summed E-state index contributed by atoms with van der Waals surface area (Å²) in [5.74, 6) is 1.17. The first-order valence-corrected chi connectivity index (χ1v) is 8.25. The van der Waals surface area contributed by atoms with Gasteiger partial charge >= 0.3 is 0 Å². The van der Waals surface area contributed by atoms with Gasteiger partial charge in [-0.15, -0.1) is 0 Å². The van der Waals surface area contributed by atoms with E-state index < -0.39 is 5.54 Å². The van der Waals surface area contributed by atoms with Crippen molar-refractivity contribution in [2.45, 2.75) is 83.7 Å². The molecule has 0 unspecified atom stereocenters. The van der Waals surface area contributed by atoms with Crippen molar-refractivity contribution < 1.29 is 9.32 Å². The Morgan fingerprint density at radius 2 is 1.82 bits per heavy atom. The number of nitrogens with one attached hydrogen (secondary N) is 2. The Morgan fingerprint density at radius 3 is 2.36 bits per heavy atom. The first kappa shape index (κ1) is 17.0. The van der Waals surface area contributed by atoms with E-state index in [2.05, 4.69) is 15.8 Å². The molecule has 5 nitrogen and oxygen atoms in total. The van der Waals surface area contributed by atoms with Crippen LogP contribution in [0.5, 0.6) is 0 Å². The Bertz CT molecular complexity index is 508. The van der Waals surface area contributed by atoms with E-state index in [1.165, 1.54) is 19.3 Å². The lowest BCUT2D eigenvalue weighted by atomic mass is 9.92. The molecule has 1 aliphatic carbocycles. The van der Waals surface area contributed by atoms with Crippen molar-refractivity contribution in [2.24, 2.45) is 0 Å². The third kappa shape index (κ3) is 4.32. The van der Waals surface area contributed by atoms with Gasteiger partial charge < -0.3 is 15.2 Å². The summed E-state index contributed by atoms with van der Waals surface area (Å²) in [6, 6.07) is 2.23. The van der Waals surface area contributed by atoms with Crippen LogP contribution in [0.3, 0.4) is 0 Å². The van der Waals surface area contributed by atoms with E-state index in [0.29, 0.717) is 11.9 Å². The molecule has 1 aromatic rings. The number of hydrogen-bond acceptors (Lipinski definition) is 4. The smallest absolute Gasteiger partial charge is 0.245 e. The average molecular weight is 307 g/mol. The lowest BCUT2D eigenvalue weighted by Crippen LogP contribution is -2.54. The molecule has 5 heteroatoms. The highest BCUT2D eigenvalue weighted by Crippen LogP contribution is 2.25.